The highest BCUT2D eigenvalue weighted by Gasteiger charge is 2.26. The van der Waals surface area contributed by atoms with Gasteiger partial charge in [-0.3, -0.25) is 4.79 Å². The molecule has 0 aliphatic heterocycles. The van der Waals surface area contributed by atoms with Gasteiger partial charge in [0.15, 0.2) is 0 Å². The van der Waals surface area contributed by atoms with Crippen molar-refractivity contribution in [1.82, 2.24) is 5.32 Å². The number of rotatable bonds is 44. The Balaban J connectivity index is 3.51. The second kappa shape index (κ2) is 44.5. The van der Waals surface area contributed by atoms with Crippen LogP contribution in [0.15, 0.2) is 24.3 Å². The molecule has 0 heterocycles. The molecule has 0 aromatic carbocycles. The fraction of sp³-hybridized carbons (Fsp3) is 0.898. The van der Waals surface area contributed by atoms with E-state index >= 15 is 0 Å². The zero-order chi connectivity index (χ0) is 39.4. The van der Waals surface area contributed by atoms with Crippen LogP contribution in [-0.2, 0) is 4.79 Å². The van der Waals surface area contributed by atoms with Gasteiger partial charge in [0, 0.05) is 6.42 Å². The molecule has 0 spiro atoms. The first-order chi connectivity index (χ1) is 26.6. The van der Waals surface area contributed by atoms with E-state index in [0.29, 0.717) is 12.8 Å². The number of unbranched alkanes of at least 4 members (excludes halogenated alkanes) is 32. The first kappa shape index (κ1) is 52.8. The number of carbonyl (C=O) groups is 1. The highest BCUT2D eigenvalue weighted by Crippen LogP contribution is 2.17. The van der Waals surface area contributed by atoms with E-state index in [1.54, 1.807) is 0 Å². The Morgan fingerprint density at radius 3 is 1.13 bits per heavy atom. The second-order valence-electron chi connectivity index (χ2n) is 16.7. The average Bonchev–Trinajstić information content (AvgIpc) is 3.18. The standard InChI is InChI=1S/C49H95NO4/c1-3-5-7-9-11-13-15-17-18-19-20-21-22-23-24-25-26-27-28-29-30-31-32-34-36-38-40-42-44-48(53)50-46(45-51)49(54)47(52)43-41-39-37-35-33-16-14-12-10-8-6-4-2/h12,14,35,37,46-47,49,51-52,54H,3-11,13,15-34,36,38-45H2,1-2H3,(H,50,53)/b14-12+,37-35+. The molecule has 0 aromatic heterocycles. The van der Waals surface area contributed by atoms with Crippen LogP contribution in [0.25, 0.3) is 0 Å². The van der Waals surface area contributed by atoms with Crippen LogP contribution in [0.2, 0.25) is 0 Å². The molecule has 5 nitrogen and oxygen atoms in total. The fourth-order valence-corrected chi connectivity index (χ4v) is 7.53. The Kier molecular flexibility index (Phi) is 43.6. The van der Waals surface area contributed by atoms with Crippen LogP contribution < -0.4 is 5.32 Å². The van der Waals surface area contributed by atoms with Gasteiger partial charge in [0.05, 0.1) is 18.8 Å². The third-order valence-corrected chi connectivity index (χ3v) is 11.3. The fourth-order valence-electron chi connectivity index (χ4n) is 7.53. The molecule has 0 aliphatic rings. The number of aliphatic hydroxyl groups excluding tert-OH is 3. The predicted octanol–water partition coefficient (Wildman–Crippen LogP) is 14.2. The summed E-state index contributed by atoms with van der Waals surface area (Å²) in [5.41, 5.74) is 0. The maximum atomic E-state index is 12.4. The Morgan fingerprint density at radius 1 is 0.444 bits per heavy atom. The average molecular weight is 762 g/mol. The summed E-state index contributed by atoms with van der Waals surface area (Å²) in [6.07, 6.45) is 54.6. The van der Waals surface area contributed by atoms with E-state index in [1.165, 1.54) is 186 Å². The quantitative estimate of drug-likeness (QED) is 0.0368. The molecule has 0 bridgehead atoms. The molecular weight excluding hydrogens is 667 g/mol. The molecule has 54 heavy (non-hydrogen) atoms. The predicted molar refractivity (Wildman–Crippen MR) is 236 cm³/mol. The van der Waals surface area contributed by atoms with Gasteiger partial charge < -0.3 is 20.6 Å². The lowest BCUT2D eigenvalue weighted by Gasteiger charge is -2.26. The van der Waals surface area contributed by atoms with Gasteiger partial charge in [-0.25, -0.2) is 0 Å². The summed E-state index contributed by atoms with van der Waals surface area (Å²) in [7, 11) is 0. The number of hydrogen-bond acceptors (Lipinski definition) is 4. The molecule has 4 N–H and O–H groups in total. The Bertz CT molecular complexity index is 799. The molecular formula is C49H95NO4. The van der Waals surface area contributed by atoms with Crippen molar-refractivity contribution >= 4 is 5.91 Å². The normalized spacial score (nSPS) is 13.6. The molecule has 0 rings (SSSR count). The third-order valence-electron chi connectivity index (χ3n) is 11.3. The molecule has 0 aliphatic carbocycles. The van der Waals surface area contributed by atoms with Crippen LogP contribution in [0.5, 0.6) is 0 Å². The molecule has 3 atom stereocenters. The van der Waals surface area contributed by atoms with Gasteiger partial charge in [-0.05, 0) is 51.4 Å². The van der Waals surface area contributed by atoms with Crippen molar-refractivity contribution in [1.29, 1.82) is 0 Å². The minimum absolute atomic E-state index is 0.155. The van der Waals surface area contributed by atoms with Crippen LogP contribution in [0.1, 0.15) is 258 Å². The van der Waals surface area contributed by atoms with Crippen molar-refractivity contribution in [2.45, 2.75) is 276 Å². The lowest BCUT2D eigenvalue weighted by Crippen LogP contribution is -2.50. The SMILES string of the molecule is CCCCC/C=C/CC/C=C/CCCC(O)C(O)C(CO)NC(=O)CCCCCCCCCCCCCCCCCCCCCCCCCCCCCC. The molecule has 320 valence electrons. The van der Waals surface area contributed by atoms with Crippen molar-refractivity contribution in [2.75, 3.05) is 6.61 Å². The molecule has 0 aromatic rings. The van der Waals surface area contributed by atoms with Gasteiger partial charge in [0.2, 0.25) is 5.91 Å². The topological polar surface area (TPSA) is 89.8 Å². The van der Waals surface area contributed by atoms with E-state index in [0.717, 1.165) is 44.9 Å². The van der Waals surface area contributed by atoms with Gasteiger partial charge in [-0.2, -0.15) is 0 Å². The Morgan fingerprint density at radius 2 is 0.759 bits per heavy atom. The van der Waals surface area contributed by atoms with Crippen molar-refractivity contribution in [3.05, 3.63) is 24.3 Å². The van der Waals surface area contributed by atoms with E-state index in [9.17, 15) is 20.1 Å². The number of hydrogen-bond donors (Lipinski definition) is 4. The number of nitrogens with one attached hydrogen (secondary N) is 1. The Labute approximate surface area is 337 Å². The summed E-state index contributed by atoms with van der Waals surface area (Å²) in [5, 5.41) is 33.5. The molecule has 3 unspecified atom stereocenters. The van der Waals surface area contributed by atoms with Crippen LogP contribution >= 0.6 is 0 Å². The van der Waals surface area contributed by atoms with E-state index in [1.807, 2.05) is 0 Å². The maximum Gasteiger partial charge on any atom is 0.220 e. The zero-order valence-electron chi connectivity index (χ0n) is 36.4. The van der Waals surface area contributed by atoms with E-state index < -0.39 is 18.2 Å². The van der Waals surface area contributed by atoms with E-state index in [-0.39, 0.29) is 12.5 Å². The van der Waals surface area contributed by atoms with Crippen LogP contribution in [0, 0.1) is 0 Å². The molecule has 0 fully saturated rings. The van der Waals surface area contributed by atoms with Gasteiger partial charge in [0.1, 0.15) is 6.10 Å². The summed E-state index contributed by atoms with van der Waals surface area (Å²) in [6.45, 7) is 4.14. The van der Waals surface area contributed by atoms with Crippen LogP contribution in [0.4, 0.5) is 0 Å². The summed E-state index contributed by atoms with van der Waals surface area (Å²) < 4.78 is 0. The van der Waals surface area contributed by atoms with Crippen LogP contribution in [-0.4, -0.2) is 46.1 Å². The minimum atomic E-state index is -1.16. The van der Waals surface area contributed by atoms with Crippen molar-refractivity contribution < 1.29 is 20.1 Å². The Hall–Kier alpha value is -1.17. The molecule has 0 saturated heterocycles. The van der Waals surface area contributed by atoms with E-state index in [2.05, 4.69) is 43.5 Å². The zero-order valence-corrected chi connectivity index (χ0v) is 36.4. The molecule has 0 radical (unpaired) electrons. The number of allylic oxidation sites excluding steroid dienone is 4. The summed E-state index contributed by atoms with van der Waals surface area (Å²) in [4.78, 5) is 12.4. The molecule has 1 amide bonds. The van der Waals surface area contributed by atoms with Crippen molar-refractivity contribution in [3.63, 3.8) is 0 Å². The number of carbonyl (C=O) groups excluding carboxylic acids is 1. The highest BCUT2D eigenvalue weighted by atomic mass is 16.3. The number of amides is 1. The lowest BCUT2D eigenvalue weighted by atomic mass is 10.0. The number of aliphatic hydroxyl groups is 3. The summed E-state index contributed by atoms with van der Waals surface area (Å²) in [6, 6.07) is -0.828. The van der Waals surface area contributed by atoms with Gasteiger partial charge in [-0.15, -0.1) is 0 Å². The second-order valence-corrected chi connectivity index (χ2v) is 16.7. The minimum Gasteiger partial charge on any atom is -0.394 e. The highest BCUT2D eigenvalue weighted by molar-refractivity contribution is 5.76. The largest absolute Gasteiger partial charge is 0.394 e. The molecule has 5 heteroatoms. The van der Waals surface area contributed by atoms with Gasteiger partial charge in [0.25, 0.3) is 0 Å². The first-order valence-corrected chi connectivity index (χ1v) is 24.1. The summed E-state index contributed by atoms with van der Waals surface area (Å²) >= 11 is 0. The van der Waals surface area contributed by atoms with Crippen molar-refractivity contribution in [3.8, 4) is 0 Å². The first-order valence-electron chi connectivity index (χ1n) is 24.1. The monoisotopic (exact) mass is 762 g/mol. The molecule has 0 saturated carbocycles. The van der Waals surface area contributed by atoms with Gasteiger partial charge >= 0.3 is 0 Å². The van der Waals surface area contributed by atoms with Crippen molar-refractivity contribution in [2.24, 2.45) is 0 Å². The lowest BCUT2D eigenvalue weighted by molar-refractivity contribution is -0.124. The maximum absolute atomic E-state index is 12.4. The summed E-state index contributed by atoms with van der Waals surface area (Å²) in [5.74, 6) is -0.155. The third kappa shape index (κ3) is 39.1. The van der Waals surface area contributed by atoms with Crippen LogP contribution in [0.3, 0.4) is 0 Å². The van der Waals surface area contributed by atoms with E-state index in [4.69, 9.17) is 0 Å². The smallest absolute Gasteiger partial charge is 0.220 e. The van der Waals surface area contributed by atoms with Gasteiger partial charge in [-0.1, -0.05) is 224 Å².